The van der Waals surface area contributed by atoms with Gasteiger partial charge in [0.15, 0.2) is 18.1 Å². The predicted octanol–water partition coefficient (Wildman–Crippen LogP) is 2.37. The highest BCUT2D eigenvalue weighted by molar-refractivity contribution is 5.92. The first kappa shape index (κ1) is 18.1. The van der Waals surface area contributed by atoms with Gasteiger partial charge in [-0.05, 0) is 36.5 Å². The molecule has 2 atom stereocenters. The highest BCUT2D eigenvalue weighted by Crippen LogP contribution is 2.27. The van der Waals surface area contributed by atoms with Gasteiger partial charge >= 0.3 is 5.97 Å². The maximum atomic E-state index is 12.3. The molecular formula is C18H25NO5. The molecule has 24 heavy (non-hydrogen) atoms. The molecule has 6 heteroatoms. The second-order valence-corrected chi connectivity index (χ2v) is 6.39. The zero-order valence-electron chi connectivity index (χ0n) is 14.7. The van der Waals surface area contributed by atoms with E-state index in [1.165, 1.54) is 20.3 Å². The van der Waals surface area contributed by atoms with Crippen LogP contribution in [0.5, 0.6) is 11.5 Å². The van der Waals surface area contributed by atoms with Crippen molar-refractivity contribution in [2.75, 3.05) is 33.9 Å². The van der Waals surface area contributed by atoms with Crippen LogP contribution in [0.4, 0.5) is 0 Å². The summed E-state index contributed by atoms with van der Waals surface area (Å²) in [5, 5.41) is 0. The fourth-order valence-corrected chi connectivity index (χ4v) is 3.13. The number of methoxy groups -OCH3 is 2. The van der Waals surface area contributed by atoms with Crippen LogP contribution in [0.2, 0.25) is 0 Å². The molecule has 1 aromatic carbocycles. The van der Waals surface area contributed by atoms with Crippen molar-refractivity contribution in [1.82, 2.24) is 4.90 Å². The number of carbonyl (C=O) groups is 2. The minimum absolute atomic E-state index is 0.151. The molecule has 0 saturated carbocycles. The first-order chi connectivity index (χ1) is 11.4. The van der Waals surface area contributed by atoms with Crippen LogP contribution in [0.1, 0.15) is 30.6 Å². The minimum Gasteiger partial charge on any atom is -0.493 e. The van der Waals surface area contributed by atoms with Crippen LogP contribution < -0.4 is 9.47 Å². The van der Waals surface area contributed by atoms with Crippen LogP contribution in [0.15, 0.2) is 18.2 Å². The van der Waals surface area contributed by atoms with Crippen LogP contribution in [0.3, 0.4) is 0 Å². The Kier molecular flexibility index (Phi) is 6.06. The molecule has 1 saturated heterocycles. The summed E-state index contributed by atoms with van der Waals surface area (Å²) in [5.41, 5.74) is 0.320. The average molecular weight is 335 g/mol. The number of hydrogen-bond donors (Lipinski definition) is 0. The first-order valence-electron chi connectivity index (χ1n) is 8.11. The molecule has 132 valence electrons. The van der Waals surface area contributed by atoms with Gasteiger partial charge in [0.25, 0.3) is 5.91 Å². The molecule has 0 bridgehead atoms. The Morgan fingerprint density at radius 2 is 1.71 bits per heavy atom. The molecule has 1 heterocycles. The monoisotopic (exact) mass is 335 g/mol. The number of ether oxygens (including phenoxy) is 3. The molecule has 0 radical (unpaired) electrons. The van der Waals surface area contributed by atoms with Gasteiger partial charge in [0.2, 0.25) is 0 Å². The number of rotatable bonds is 5. The van der Waals surface area contributed by atoms with Crippen molar-refractivity contribution in [2.24, 2.45) is 11.8 Å². The largest absolute Gasteiger partial charge is 0.493 e. The van der Waals surface area contributed by atoms with Crippen molar-refractivity contribution in [3.63, 3.8) is 0 Å². The van der Waals surface area contributed by atoms with Gasteiger partial charge < -0.3 is 19.1 Å². The number of amides is 1. The number of piperidine rings is 1. The first-order valence-corrected chi connectivity index (χ1v) is 8.11. The number of carbonyl (C=O) groups excluding carboxylic acids is 2. The minimum atomic E-state index is -0.553. The van der Waals surface area contributed by atoms with Crippen molar-refractivity contribution in [1.29, 1.82) is 0 Å². The van der Waals surface area contributed by atoms with Crippen LogP contribution in [-0.2, 0) is 9.53 Å². The second-order valence-electron chi connectivity index (χ2n) is 6.39. The number of benzene rings is 1. The molecule has 1 amide bonds. The van der Waals surface area contributed by atoms with Crippen molar-refractivity contribution >= 4 is 11.9 Å². The average Bonchev–Trinajstić information content (AvgIpc) is 2.57. The molecule has 2 rings (SSSR count). The van der Waals surface area contributed by atoms with Gasteiger partial charge in [0.1, 0.15) is 0 Å². The Morgan fingerprint density at radius 3 is 2.29 bits per heavy atom. The third kappa shape index (κ3) is 4.40. The van der Waals surface area contributed by atoms with Crippen molar-refractivity contribution < 1.29 is 23.8 Å². The van der Waals surface area contributed by atoms with Gasteiger partial charge in [0.05, 0.1) is 19.8 Å². The van der Waals surface area contributed by atoms with Gasteiger partial charge in [-0.25, -0.2) is 4.79 Å². The zero-order valence-corrected chi connectivity index (χ0v) is 14.7. The summed E-state index contributed by atoms with van der Waals surface area (Å²) in [7, 11) is 3.02. The van der Waals surface area contributed by atoms with E-state index in [1.54, 1.807) is 17.0 Å². The van der Waals surface area contributed by atoms with E-state index in [1.807, 2.05) is 0 Å². The van der Waals surface area contributed by atoms with Gasteiger partial charge in [-0.1, -0.05) is 13.8 Å². The predicted molar refractivity (Wildman–Crippen MR) is 89.4 cm³/mol. The van der Waals surface area contributed by atoms with Crippen molar-refractivity contribution in [2.45, 2.75) is 20.3 Å². The van der Waals surface area contributed by atoms with E-state index in [9.17, 15) is 9.59 Å². The Morgan fingerprint density at radius 1 is 1.08 bits per heavy atom. The summed E-state index contributed by atoms with van der Waals surface area (Å²) in [6.45, 7) is 5.46. The lowest BCUT2D eigenvalue weighted by Crippen LogP contribution is -2.44. The molecule has 1 aliphatic heterocycles. The smallest absolute Gasteiger partial charge is 0.338 e. The van der Waals surface area contributed by atoms with Crippen LogP contribution in [0, 0.1) is 11.8 Å². The summed E-state index contributed by atoms with van der Waals surface area (Å²) in [4.78, 5) is 26.2. The third-order valence-corrected chi connectivity index (χ3v) is 4.17. The van der Waals surface area contributed by atoms with E-state index >= 15 is 0 Å². The van der Waals surface area contributed by atoms with Crippen LogP contribution in [-0.4, -0.2) is 50.7 Å². The Balaban J connectivity index is 1.94. The lowest BCUT2D eigenvalue weighted by molar-refractivity contribution is -0.137. The van der Waals surface area contributed by atoms with Gasteiger partial charge in [-0.15, -0.1) is 0 Å². The number of nitrogens with zero attached hydrogens (tertiary/aromatic N) is 1. The van der Waals surface area contributed by atoms with E-state index in [2.05, 4.69) is 13.8 Å². The maximum absolute atomic E-state index is 12.3. The fraction of sp³-hybridized carbons (Fsp3) is 0.556. The molecule has 1 aromatic rings. The zero-order chi connectivity index (χ0) is 17.7. The van der Waals surface area contributed by atoms with Gasteiger partial charge in [-0.2, -0.15) is 0 Å². The SMILES string of the molecule is COc1ccc(C(=O)OCC(=O)N2C[C@@H](C)C[C@H](C)C2)cc1OC. The summed E-state index contributed by atoms with van der Waals surface area (Å²) >= 11 is 0. The number of esters is 1. The number of likely N-dealkylation sites (tertiary alicyclic amines) is 1. The quantitative estimate of drug-likeness (QED) is 0.773. The molecule has 0 spiro atoms. The molecule has 0 aliphatic carbocycles. The summed E-state index contributed by atoms with van der Waals surface area (Å²) in [6.07, 6.45) is 1.12. The molecular weight excluding hydrogens is 310 g/mol. The van der Waals surface area contributed by atoms with Crippen molar-refractivity contribution in [3.05, 3.63) is 23.8 Å². The third-order valence-electron chi connectivity index (χ3n) is 4.17. The van der Waals surface area contributed by atoms with E-state index in [0.717, 1.165) is 19.5 Å². The van der Waals surface area contributed by atoms with Gasteiger partial charge in [-0.3, -0.25) is 4.79 Å². The van der Waals surface area contributed by atoms with E-state index in [-0.39, 0.29) is 12.5 Å². The molecule has 0 unspecified atom stereocenters. The summed E-state index contributed by atoms with van der Waals surface area (Å²) < 4.78 is 15.5. The topological polar surface area (TPSA) is 65.1 Å². The molecule has 0 N–H and O–H groups in total. The highest BCUT2D eigenvalue weighted by Gasteiger charge is 2.26. The van der Waals surface area contributed by atoms with E-state index in [4.69, 9.17) is 14.2 Å². The van der Waals surface area contributed by atoms with Crippen LogP contribution in [0.25, 0.3) is 0 Å². The van der Waals surface area contributed by atoms with Crippen LogP contribution >= 0.6 is 0 Å². The maximum Gasteiger partial charge on any atom is 0.338 e. The molecule has 0 aromatic heterocycles. The van der Waals surface area contributed by atoms with Gasteiger partial charge in [0, 0.05) is 13.1 Å². The molecule has 1 aliphatic rings. The fourth-order valence-electron chi connectivity index (χ4n) is 3.13. The number of hydrogen-bond acceptors (Lipinski definition) is 5. The summed E-state index contributed by atoms with van der Waals surface area (Å²) in [5.74, 6) is 1.21. The molecule has 1 fully saturated rings. The normalized spacial score (nSPS) is 20.4. The Bertz CT molecular complexity index is 591. The Labute approximate surface area is 142 Å². The summed E-state index contributed by atoms with van der Waals surface area (Å²) in [6, 6.07) is 4.75. The van der Waals surface area contributed by atoms with Crippen molar-refractivity contribution in [3.8, 4) is 11.5 Å². The lowest BCUT2D eigenvalue weighted by atomic mass is 9.92. The van der Waals surface area contributed by atoms with E-state index in [0.29, 0.717) is 28.9 Å². The lowest BCUT2D eigenvalue weighted by Gasteiger charge is -2.34. The highest BCUT2D eigenvalue weighted by atomic mass is 16.5. The standard InChI is InChI=1S/C18H25NO5/c1-12-7-13(2)10-19(9-12)17(20)11-24-18(21)14-5-6-15(22-3)16(8-14)23-4/h5-6,8,12-13H,7,9-11H2,1-4H3/t12-,13-/m0/s1. The second kappa shape index (κ2) is 8.04. The van der Waals surface area contributed by atoms with E-state index < -0.39 is 5.97 Å². The molecule has 6 nitrogen and oxygen atoms in total. The Hall–Kier alpha value is -2.24.